The Balaban J connectivity index is 1.34. The lowest BCUT2D eigenvalue weighted by atomic mass is 10.0. The summed E-state index contributed by atoms with van der Waals surface area (Å²) in [6.45, 7) is 0. The van der Waals surface area contributed by atoms with Gasteiger partial charge in [-0.25, -0.2) is 0 Å². The Hall–Kier alpha value is -6.03. The first-order valence-corrected chi connectivity index (χ1v) is 19.4. The average molecular weight is 795 g/mol. The number of methoxy groups -OCH3 is 2. The second-order valence-corrected chi connectivity index (χ2v) is 15.5. The Bertz CT molecular complexity index is 2920. The van der Waals surface area contributed by atoms with Crippen molar-refractivity contribution in [3.8, 4) is 34.1 Å². The average Bonchev–Trinajstić information content (AvgIpc) is 3.12. The second kappa shape index (κ2) is 14.1. The molecule has 0 atom stereocenters. The van der Waals surface area contributed by atoms with Crippen LogP contribution >= 0.6 is 0 Å². The summed E-state index contributed by atoms with van der Waals surface area (Å²) in [5, 5.41) is 37.8. The number of fused-ring (bicyclic) bond motifs is 2. The minimum atomic E-state index is -5.04. The highest BCUT2D eigenvalue weighted by molar-refractivity contribution is 7.86. The van der Waals surface area contributed by atoms with E-state index >= 15 is 0 Å². The van der Waals surface area contributed by atoms with Gasteiger partial charge in [-0.3, -0.25) is 13.7 Å². The van der Waals surface area contributed by atoms with Gasteiger partial charge in [-0.2, -0.15) is 25.3 Å². The van der Waals surface area contributed by atoms with Crippen LogP contribution in [0.25, 0.3) is 32.7 Å². The highest BCUT2D eigenvalue weighted by Gasteiger charge is 2.24. The first kappa shape index (κ1) is 37.7. The molecule has 6 aromatic carbocycles. The number of ether oxygens (including phenoxy) is 2. The van der Waals surface area contributed by atoms with Crippen molar-refractivity contribution in [2.45, 2.75) is 14.7 Å². The zero-order valence-electron chi connectivity index (χ0n) is 27.7. The summed E-state index contributed by atoms with van der Waals surface area (Å²) in [5.74, 6) is -0.740. The number of phenols is 2. The van der Waals surface area contributed by atoms with Crippen molar-refractivity contribution in [3.63, 3.8) is 0 Å². The van der Waals surface area contributed by atoms with E-state index in [2.05, 4.69) is 20.5 Å². The van der Waals surface area contributed by atoms with Crippen molar-refractivity contribution in [2.24, 2.45) is 20.5 Å². The van der Waals surface area contributed by atoms with Crippen LogP contribution in [0.1, 0.15) is 0 Å². The third-order valence-corrected chi connectivity index (χ3v) is 10.7. The summed E-state index contributed by atoms with van der Waals surface area (Å²) in [7, 11) is -11.7. The van der Waals surface area contributed by atoms with Crippen LogP contribution in [0.4, 0.5) is 22.7 Å². The lowest BCUT2D eigenvalue weighted by Crippen LogP contribution is -2.00. The molecule has 0 aliphatic carbocycles. The molecule has 20 heteroatoms. The van der Waals surface area contributed by atoms with Crippen LogP contribution < -0.4 is 9.47 Å². The molecule has 5 N–H and O–H groups in total. The molecule has 54 heavy (non-hydrogen) atoms. The van der Waals surface area contributed by atoms with Crippen molar-refractivity contribution in [2.75, 3.05) is 14.2 Å². The van der Waals surface area contributed by atoms with Crippen LogP contribution in [0.15, 0.2) is 126 Å². The lowest BCUT2D eigenvalue weighted by molar-refractivity contribution is 0.415. The van der Waals surface area contributed by atoms with Gasteiger partial charge in [-0.05, 0) is 71.1 Å². The van der Waals surface area contributed by atoms with Gasteiger partial charge < -0.3 is 19.7 Å². The molecule has 6 aromatic rings. The van der Waals surface area contributed by atoms with E-state index in [-0.39, 0.29) is 55.9 Å². The van der Waals surface area contributed by atoms with E-state index in [4.69, 9.17) is 9.47 Å². The number of phenolic OH excluding ortho intramolecular Hbond substituents is 2. The maximum absolute atomic E-state index is 12.3. The van der Waals surface area contributed by atoms with Crippen LogP contribution in [0.2, 0.25) is 0 Å². The number of hydrogen-bond acceptors (Lipinski definition) is 14. The largest absolute Gasteiger partial charge is 0.505 e. The summed E-state index contributed by atoms with van der Waals surface area (Å²) in [6, 6.07) is 20.3. The molecule has 0 fully saturated rings. The van der Waals surface area contributed by atoms with Crippen LogP contribution in [-0.4, -0.2) is 63.3 Å². The van der Waals surface area contributed by atoms with E-state index in [1.165, 1.54) is 38.5 Å². The van der Waals surface area contributed by atoms with Crippen LogP contribution in [-0.2, 0) is 30.4 Å². The molecule has 0 unspecified atom stereocenters. The fraction of sp³-hybridized carbons (Fsp3) is 0.0588. The number of benzene rings is 6. The molecule has 17 nitrogen and oxygen atoms in total. The van der Waals surface area contributed by atoms with Gasteiger partial charge in [-0.1, -0.05) is 36.4 Å². The molecule has 0 heterocycles. The maximum atomic E-state index is 12.3. The van der Waals surface area contributed by atoms with Crippen molar-refractivity contribution >= 4 is 74.6 Å². The zero-order chi connectivity index (χ0) is 39.2. The van der Waals surface area contributed by atoms with Crippen LogP contribution in [0.3, 0.4) is 0 Å². The van der Waals surface area contributed by atoms with Gasteiger partial charge in [0.25, 0.3) is 30.4 Å². The summed E-state index contributed by atoms with van der Waals surface area (Å²) >= 11 is 0. The Morgan fingerprint density at radius 2 is 1.04 bits per heavy atom. The van der Waals surface area contributed by atoms with Crippen molar-refractivity contribution < 1.29 is 58.6 Å². The molecule has 0 spiro atoms. The van der Waals surface area contributed by atoms with E-state index in [0.717, 1.165) is 30.3 Å². The third kappa shape index (κ3) is 7.42. The van der Waals surface area contributed by atoms with Gasteiger partial charge in [0.2, 0.25) is 0 Å². The molecular weight excluding hydrogens is 769 g/mol. The molecule has 0 saturated carbocycles. The highest BCUT2D eigenvalue weighted by Crippen LogP contribution is 2.44. The molecular formula is C34H26N4O13S3. The first-order chi connectivity index (χ1) is 25.4. The maximum Gasteiger partial charge on any atom is 0.296 e. The topological polar surface area (TPSA) is 271 Å². The van der Waals surface area contributed by atoms with Crippen molar-refractivity contribution in [1.29, 1.82) is 0 Å². The van der Waals surface area contributed by atoms with E-state index in [1.807, 2.05) is 0 Å². The number of aromatic hydroxyl groups is 2. The minimum Gasteiger partial charge on any atom is -0.505 e. The third-order valence-electron chi connectivity index (χ3n) is 8.05. The van der Waals surface area contributed by atoms with Gasteiger partial charge in [0.15, 0.2) is 11.5 Å². The normalized spacial score (nSPS) is 12.6. The number of hydrogen-bond donors (Lipinski definition) is 5. The van der Waals surface area contributed by atoms with E-state index in [9.17, 15) is 49.1 Å². The predicted molar refractivity (Wildman–Crippen MR) is 194 cm³/mol. The van der Waals surface area contributed by atoms with Gasteiger partial charge in [-0.15, -0.1) is 20.5 Å². The summed E-state index contributed by atoms with van der Waals surface area (Å²) in [6.07, 6.45) is 0. The van der Waals surface area contributed by atoms with Crippen molar-refractivity contribution in [3.05, 3.63) is 91.0 Å². The molecule has 0 radical (unpaired) electrons. The molecule has 0 saturated heterocycles. The summed E-state index contributed by atoms with van der Waals surface area (Å²) < 4.78 is 112. The van der Waals surface area contributed by atoms with E-state index in [0.29, 0.717) is 11.1 Å². The van der Waals surface area contributed by atoms with E-state index < -0.39 is 56.5 Å². The summed E-state index contributed by atoms with van der Waals surface area (Å²) in [4.78, 5) is -1.93. The predicted octanol–water partition coefficient (Wildman–Crippen LogP) is 7.66. The quantitative estimate of drug-likeness (QED) is 0.0659. The molecule has 6 rings (SSSR count). The van der Waals surface area contributed by atoms with Gasteiger partial charge in [0.1, 0.15) is 44.0 Å². The molecule has 0 aliphatic rings. The van der Waals surface area contributed by atoms with Crippen LogP contribution in [0, 0.1) is 0 Å². The Labute approximate surface area is 306 Å². The van der Waals surface area contributed by atoms with Gasteiger partial charge in [0, 0.05) is 16.2 Å². The molecule has 0 aliphatic heterocycles. The van der Waals surface area contributed by atoms with Crippen molar-refractivity contribution in [1.82, 2.24) is 0 Å². The number of nitrogens with zero attached hydrogens (tertiary/aromatic N) is 4. The molecule has 0 amide bonds. The fourth-order valence-corrected chi connectivity index (χ4v) is 7.37. The lowest BCUT2D eigenvalue weighted by Gasteiger charge is -2.11. The Morgan fingerprint density at radius 1 is 0.500 bits per heavy atom. The van der Waals surface area contributed by atoms with Gasteiger partial charge >= 0.3 is 0 Å². The van der Waals surface area contributed by atoms with E-state index in [1.54, 1.807) is 36.4 Å². The van der Waals surface area contributed by atoms with Gasteiger partial charge in [0.05, 0.1) is 19.1 Å². The molecule has 0 aromatic heterocycles. The molecule has 278 valence electrons. The Kier molecular flexibility index (Phi) is 9.83. The molecule has 0 bridgehead atoms. The highest BCUT2D eigenvalue weighted by atomic mass is 32.2. The minimum absolute atomic E-state index is 0.0556. The first-order valence-electron chi connectivity index (χ1n) is 15.1. The monoisotopic (exact) mass is 794 g/mol. The SMILES string of the molecule is COc1cc(-c2ccc(N=Nc3c(S(=O)(=O)O)cc4cc(S(=O)(=O)O)ccc4c3O)c(OC)c2)ccc1N=Nc1cc(S(=O)(=O)O)c2ccccc2c1O. The zero-order valence-corrected chi connectivity index (χ0v) is 30.1. The number of rotatable bonds is 10. The number of azo groups is 2. The second-order valence-electron chi connectivity index (χ2n) is 11.3. The smallest absolute Gasteiger partial charge is 0.296 e. The standard InChI is InChI=1S/C34H26N4O13S3/c1-50-28-14-18(7-11-25(28)35-37-27-17-30(53(44,45)46)23-5-3-4-6-24(23)33(27)39)19-8-12-26(29(15-19)51-2)36-38-32-31(54(47,48)49)16-20-13-21(52(41,42)43)9-10-22(20)34(32)40/h3-17,39-40H,1-2H3,(H,41,42,43)(H,44,45,46)(H,47,48,49). The summed E-state index contributed by atoms with van der Waals surface area (Å²) in [5.41, 5.74) is 0.531. The Morgan fingerprint density at radius 3 is 1.57 bits per heavy atom. The van der Waals surface area contributed by atoms with Crippen LogP contribution in [0.5, 0.6) is 23.0 Å². The fourth-order valence-electron chi connectivity index (χ4n) is 5.48.